The molecule has 0 heterocycles. The van der Waals surface area contributed by atoms with Crippen molar-refractivity contribution in [2.45, 2.75) is 25.0 Å². The van der Waals surface area contributed by atoms with Gasteiger partial charge in [-0.3, -0.25) is 4.79 Å². The first-order chi connectivity index (χ1) is 18.3. The van der Waals surface area contributed by atoms with Gasteiger partial charge >= 0.3 is 0 Å². The van der Waals surface area contributed by atoms with E-state index in [1.165, 1.54) is 17.5 Å². The number of ether oxygens (including phenoxy) is 2. The molecule has 8 heteroatoms. The highest BCUT2D eigenvalue weighted by molar-refractivity contribution is 7.89. The fourth-order valence-corrected chi connectivity index (χ4v) is 5.38. The molecule has 0 bridgehead atoms. The Labute approximate surface area is 223 Å². The zero-order valence-electron chi connectivity index (χ0n) is 21.3. The smallest absolute Gasteiger partial charge is 0.243 e. The maximum absolute atomic E-state index is 13.6. The SMILES string of the molecule is COc1ccc(S(=O)(=O)N(CC(=O)Nc2ccc(OCc3ccccc3)cc2)Cc2ccccc2)cc1C. The second-order valence-corrected chi connectivity index (χ2v) is 10.7. The van der Waals surface area contributed by atoms with E-state index in [1.807, 2.05) is 60.7 Å². The maximum Gasteiger partial charge on any atom is 0.243 e. The molecule has 0 aliphatic heterocycles. The standard InChI is InChI=1S/C30H30N2O5S/c1-23-19-28(17-18-29(23)36-2)38(34,35)32(20-24-9-5-3-6-10-24)21-30(33)31-26-13-15-27(16-14-26)37-22-25-11-7-4-8-12-25/h3-19H,20-22H2,1-2H3,(H,31,33). The Morgan fingerprint density at radius 1 is 0.842 bits per heavy atom. The summed E-state index contributed by atoms with van der Waals surface area (Å²) in [6, 6.07) is 30.6. The number of hydrogen-bond acceptors (Lipinski definition) is 5. The molecule has 0 atom stereocenters. The van der Waals surface area contributed by atoms with Crippen molar-refractivity contribution >= 4 is 21.6 Å². The van der Waals surface area contributed by atoms with E-state index >= 15 is 0 Å². The zero-order valence-corrected chi connectivity index (χ0v) is 22.1. The van der Waals surface area contributed by atoms with Crippen LogP contribution in [-0.4, -0.2) is 32.3 Å². The number of carbonyl (C=O) groups is 1. The minimum Gasteiger partial charge on any atom is -0.496 e. The Kier molecular flexibility index (Phi) is 8.78. The van der Waals surface area contributed by atoms with Crippen LogP contribution in [-0.2, 0) is 28.0 Å². The number of sulfonamides is 1. The van der Waals surface area contributed by atoms with Gasteiger partial charge in [0.1, 0.15) is 18.1 Å². The van der Waals surface area contributed by atoms with Crippen LogP contribution in [0.2, 0.25) is 0 Å². The molecular weight excluding hydrogens is 500 g/mol. The molecule has 0 saturated carbocycles. The van der Waals surface area contributed by atoms with E-state index < -0.39 is 15.9 Å². The third-order valence-electron chi connectivity index (χ3n) is 5.91. The van der Waals surface area contributed by atoms with Gasteiger partial charge in [0.05, 0.1) is 18.6 Å². The third kappa shape index (κ3) is 7.00. The highest BCUT2D eigenvalue weighted by Gasteiger charge is 2.27. The van der Waals surface area contributed by atoms with Crippen LogP contribution in [0.25, 0.3) is 0 Å². The molecule has 0 spiro atoms. The lowest BCUT2D eigenvalue weighted by Crippen LogP contribution is -2.37. The summed E-state index contributed by atoms with van der Waals surface area (Å²) >= 11 is 0. The quantitative estimate of drug-likeness (QED) is 0.280. The number of aryl methyl sites for hydroxylation is 1. The molecule has 0 saturated heterocycles. The molecule has 0 radical (unpaired) electrons. The first-order valence-electron chi connectivity index (χ1n) is 12.1. The molecule has 0 aliphatic carbocycles. The van der Waals surface area contributed by atoms with E-state index in [4.69, 9.17) is 9.47 Å². The van der Waals surface area contributed by atoms with Gasteiger partial charge < -0.3 is 14.8 Å². The lowest BCUT2D eigenvalue weighted by atomic mass is 10.2. The van der Waals surface area contributed by atoms with Crippen molar-refractivity contribution < 1.29 is 22.7 Å². The highest BCUT2D eigenvalue weighted by atomic mass is 32.2. The number of anilines is 1. The van der Waals surface area contributed by atoms with Crippen LogP contribution in [0.15, 0.2) is 108 Å². The van der Waals surface area contributed by atoms with Crippen molar-refractivity contribution in [2.24, 2.45) is 0 Å². The van der Waals surface area contributed by atoms with Crippen LogP contribution in [0, 0.1) is 6.92 Å². The fraction of sp³-hybridized carbons (Fsp3) is 0.167. The van der Waals surface area contributed by atoms with E-state index in [1.54, 1.807) is 43.3 Å². The van der Waals surface area contributed by atoms with Gasteiger partial charge in [0, 0.05) is 12.2 Å². The highest BCUT2D eigenvalue weighted by Crippen LogP contribution is 2.25. The number of hydrogen-bond donors (Lipinski definition) is 1. The maximum atomic E-state index is 13.6. The van der Waals surface area contributed by atoms with E-state index in [0.717, 1.165) is 11.1 Å². The van der Waals surface area contributed by atoms with Crippen molar-refractivity contribution in [3.8, 4) is 11.5 Å². The molecule has 0 aromatic heterocycles. The lowest BCUT2D eigenvalue weighted by molar-refractivity contribution is -0.116. The molecule has 0 unspecified atom stereocenters. The van der Waals surface area contributed by atoms with Gasteiger partial charge in [0.15, 0.2) is 0 Å². The van der Waals surface area contributed by atoms with Crippen molar-refractivity contribution in [3.05, 3.63) is 120 Å². The van der Waals surface area contributed by atoms with Gasteiger partial charge in [-0.05, 0) is 66.1 Å². The second kappa shape index (κ2) is 12.4. The summed E-state index contributed by atoms with van der Waals surface area (Å²) in [6.45, 7) is 1.91. The third-order valence-corrected chi connectivity index (χ3v) is 7.70. The van der Waals surface area contributed by atoms with Crippen LogP contribution in [0.5, 0.6) is 11.5 Å². The number of nitrogens with one attached hydrogen (secondary N) is 1. The Hall–Kier alpha value is -4.14. The molecule has 4 aromatic rings. The lowest BCUT2D eigenvalue weighted by Gasteiger charge is -2.22. The normalized spacial score (nSPS) is 11.2. The number of nitrogens with zero attached hydrogens (tertiary/aromatic N) is 1. The number of carbonyl (C=O) groups excluding carboxylic acids is 1. The average Bonchev–Trinajstić information content (AvgIpc) is 2.93. The van der Waals surface area contributed by atoms with E-state index in [-0.39, 0.29) is 18.0 Å². The largest absolute Gasteiger partial charge is 0.496 e. The average molecular weight is 531 g/mol. The second-order valence-electron chi connectivity index (χ2n) is 8.74. The van der Waals surface area contributed by atoms with E-state index in [9.17, 15) is 13.2 Å². The summed E-state index contributed by atoms with van der Waals surface area (Å²) in [5.74, 6) is 0.801. The predicted molar refractivity (Wildman–Crippen MR) is 148 cm³/mol. The Bertz CT molecular complexity index is 1460. The molecule has 7 nitrogen and oxygen atoms in total. The van der Waals surface area contributed by atoms with Crippen molar-refractivity contribution in [1.29, 1.82) is 0 Å². The molecule has 1 amide bonds. The summed E-state index contributed by atoms with van der Waals surface area (Å²) in [4.78, 5) is 13.1. The topological polar surface area (TPSA) is 84.9 Å². The van der Waals surface area contributed by atoms with Crippen LogP contribution in [0.1, 0.15) is 16.7 Å². The molecule has 4 aromatic carbocycles. The molecule has 0 fully saturated rings. The van der Waals surface area contributed by atoms with Gasteiger partial charge in [-0.2, -0.15) is 4.31 Å². The minimum absolute atomic E-state index is 0.0495. The molecule has 0 aliphatic rings. The number of amides is 1. The van der Waals surface area contributed by atoms with Crippen LogP contribution >= 0.6 is 0 Å². The first-order valence-corrected chi connectivity index (χ1v) is 13.5. The van der Waals surface area contributed by atoms with Crippen LogP contribution < -0.4 is 14.8 Å². The van der Waals surface area contributed by atoms with Gasteiger partial charge in [-0.1, -0.05) is 60.7 Å². The van der Waals surface area contributed by atoms with Gasteiger partial charge in [0.25, 0.3) is 0 Å². The predicted octanol–water partition coefficient (Wildman–Crippen LogP) is 5.41. The molecular formula is C30H30N2O5S. The van der Waals surface area contributed by atoms with Gasteiger partial charge in [0.2, 0.25) is 15.9 Å². The molecule has 1 N–H and O–H groups in total. The molecule has 196 valence electrons. The number of rotatable bonds is 11. The van der Waals surface area contributed by atoms with E-state index in [2.05, 4.69) is 5.32 Å². The monoisotopic (exact) mass is 530 g/mol. The summed E-state index contributed by atoms with van der Waals surface area (Å²) in [6.07, 6.45) is 0. The Morgan fingerprint density at radius 2 is 1.47 bits per heavy atom. The van der Waals surface area contributed by atoms with Gasteiger partial charge in [-0.25, -0.2) is 8.42 Å². The summed E-state index contributed by atoms with van der Waals surface area (Å²) in [5, 5.41) is 2.79. The summed E-state index contributed by atoms with van der Waals surface area (Å²) in [5.41, 5.74) is 3.05. The van der Waals surface area contributed by atoms with Crippen molar-refractivity contribution in [2.75, 3.05) is 19.0 Å². The first kappa shape index (κ1) is 26.9. The Morgan fingerprint density at radius 3 is 2.08 bits per heavy atom. The fourth-order valence-electron chi connectivity index (χ4n) is 3.91. The molecule has 4 rings (SSSR count). The number of methoxy groups -OCH3 is 1. The van der Waals surface area contributed by atoms with Crippen molar-refractivity contribution in [1.82, 2.24) is 4.31 Å². The van der Waals surface area contributed by atoms with Crippen LogP contribution in [0.4, 0.5) is 5.69 Å². The van der Waals surface area contributed by atoms with Gasteiger partial charge in [-0.15, -0.1) is 0 Å². The zero-order chi connectivity index (χ0) is 27.0. The summed E-state index contributed by atoms with van der Waals surface area (Å²) < 4.78 is 39.4. The van der Waals surface area contributed by atoms with Crippen molar-refractivity contribution in [3.63, 3.8) is 0 Å². The van der Waals surface area contributed by atoms with Crippen LogP contribution in [0.3, 0.4) is 0 Å². The van der Waals surface area contributed by atoms with E-state index in [0.29, 0.717) is 29.4 Å². The Balaban J connectivity index is 1.47. The summed E-state index contributed by atoms with van der Waals surface area (Å²) in [7, 11) is -2.45. The minimum atomic E-state index is -3.98. The number of benzene rings is 4. The molecule has 38 heavy (non-hydrogen) atoms.